The van der Waals surface area contributed by atoms with E-state index >= 15 is 0 Å². The van der Waals surface area contributed by atoms with Crippen molar-refractivity contribution in [2.75, 3.05) is 0 Å². The molecule has 2 aliphatic rings. The third-order valence-corrected chi connectivity index (χ3v) is 5.31. The molecule has 0 radical (unpaired) electrons. The van der Waals surface area contributed by atoms with Gasteiger partial charge < -0.3 is 25.3 Å². The van der Waals surface area contributed by atoms with Gasteiger partial charge in [0.25, 0.3) is 0 Å². The number of allylic oxidation sites excluding steroid dienone is 2. The van der Waals surface area contributed by atoms with Gasteiger partial charge in [-0.25, -0.2) is 4.57 Å². The summed E-state index contributed by atoms with van der Waals surface area (Å²) in [5, 5.41) is 1.19. The van der Waals surface area contributed by atoms with Crippen LogP contribution < -0.4 is 9.30 Å². The van der Waals surface area contributed by atoms with Gasteiger partial charge in [0.15, 0.2) is 17.7 Å². The smallest absolute Gasteiger partial charge is 0.219 e. The number of rotatable bonds is 2. The van der Waals surface area contributed by atoms with Crippen molar-refractivity contribution in [3.05, 3.63) is 68.8 Å². The van der Waals surface area contributed by atoms with Crippen LogP contribution in [0.3, 0.4) is 0 Å². The predicted octanol–water partition coefficient (Wildman–Crippen LogP) is 8.85. The van der Waals surface area contributed by atoms with Crippen LogP contribution >= 0.6 is 0 Å². The second-order valence-electron chi connectivity index (χ2n) is 7.85. The van der Waals surface area contributed by atoms with Gasteiger partial charge in [-0.05, 0) is 13.0 Å². The zero-order valence-corrected chi connectivity index (χ0v) is 22.8. The maximum atomic E-state index is 7.48. The van der Waals surface area contributed by atoms with Gasteiger partial charge in [-0.2, -0.15) is 0 Å². The fourth-order valence-corrected chi connectivity index (χ4v) is 3.67. The van der Waals surface area contributed by atoms with Crippen LogP contribution in [0.1, 0.15) is 71.4 Å². The van der Waals surface area contributed by atoms with Crippen LogP contribution in [0.2, 0.25) is 0 Å². The summed E-state index contributed by atoms with van der Waals surface area (Å²) in [6, 6.07) is 4.40. The number of pyridine rings is 1. The molecule has 1 saturated carbocycles. The van der Waals surface area contributed by atoms with Crippen LogP contribution in [0.4, 0.5) is 0 Å². The molecule has 32 heavy (non-hydrogen) atoms. The number of nitrogens with one attached hydrogen (secondary N) is 1. The van der Waals surface area contributed by atoms with E-state index in [2.05, 4.69) is 64.2 Å². The molecule has 1 aliphatic heterocycles. The van der Waals surface area contributed by atoms with Crippen molar-refractivity contribution in [1.29, 1.82) is 0 Å². The molecule has 0 spiro atoms. The minimum absolute atomic E-state index is 0. The monoisotopic (exact) mass is 621 g/mol. The number of hydrogen-bond donors (Lipinski definition) is 0. The first-order valence-corrected chi connectivity index (χ1v) is 10.6. The van der Waals surface area contributed by atoms with Crippen molar-refractivity contribution in [3.63, 3.8) is 0 Å². The molecule has 4 heteroatoms. The third kappa shape index (κ3) is 8.83. The average molecular weight is 622 g/mol. The summed E-state index contributed by atoms with van der Waals surface area (Å²) in [5.74, 6) is 2.70. The van der Waals surface area contributed by atoms with Gasteiger partial charge >= 0.3 is 0 Å². The number of ether oxygens (including phenoxy) is 1. The Bertz CT molecular complexity index is 835. The first-order valence-electron chi connectivity index (χ1n) is 10.6. The van der Waals surface area contributed by atoms with E-state index in [1.807, 2.05) is 12.1 Å². The van der Waals surface area contributed by atoms with E-state index in [0.29, 0.717) is 5.92 Å². The van der Waals surface area contributed by atoms with Gasteiger partial charge in [-0.1, -0.05) is 91.0 Å². The Morgan fingerprint density at radius 2 is 1.78 bits per heavy atom. The molecule has 0 amide bonds. The Labute approximate surface area is 213 Å². The van der Waals surface area contributed by atoms with Crippen molar-refractivity contribution >= 4 is 17.0 Å². The van der Waals surface area contributed by atoms with Crippen molar-refractivity contribution < 1.29 is 30.4 Å². The van der Waals surface area contributed by atoms with Gasteiger partial charge in [0.1, 0.15) is 7.05 Å². The summed E-state index contributed by atoms with van der Waals surface area (Å²) in [7, 11) is 2.06. The Kier molecular flexibility index (Phi) is 18.8. The first kappa shape index (κ1) is 35.2. The van der Waals surface area contributed by atoms with Crippen LogP contribution in [-0.2, 0) is 28.1 Å². The van der Waals surface area contributed by atoms with E-state index in [-0.39, 0.29) is 49.4 Å². The third-order valence-electron chi connectivity index (χ3n) is 5.31. The minimum atomic E-state index is 0. The first-order chi connectivity index (χ1) is 13.5. The van der Waals surface area contributed by atoms with Crippen LogP contribution in [0.15, 0.2) is 37.1 Å². The molecule has 0 bridgehead atoms. The molecule has 1 aromatic carbocycles. The van der Waals surface area contributed by atoms with E-state index in [1.165, 1.54) is 42.1 Å². The van der Waals surface area contributed by atoms with Crippen molar-refractivity contribution in [1.82, 2.24) is 0 Å². The molecule has 2 atom stereocenters. The molecule has 1 N–H and O–H groups in total. The van der Waals surface area contributed by atoms with Crippen LogP contribution in [0.25, 0.3) is 22.7 Å². The summed E-state index contributed by atoms with van der Waals surface area (Å²) in [4.78, 5) is 0. The fourth-order valence-electron chi connectivity index (χ4n) is 3.67. The van der Waals surface area contributed by atoms with E-state index in [1.54, 1.807) is 6.08 Å². The van der Waals surface area contributed by atoms with Gasteiger partial charge in [0.2, 0.25) is 5.52 Å². The predicted molar refractivity (Wildman–Crippen MR) is 140 cm³/mol. The molecule has 186 valence electrons. The van der Waals surface area contributed by atoms with Gasteiger partial charge in [-0.3, -0.25) is 0 Å². The average Bonchev–Trinajstić information content (AvgIpc) is 3.46. The van der Waals surface area contributed by atoms with Gasteiger partial charge in [0, 0.05) is 38.3 Å². The maximum Gasteiger partial charge on any atom is 0.219 e. The number of aromatic nitrogens is 1. The van der Waals surface area contributed by atoms with Crippen LogP contribution in [-0.4, -0.2) is 6.04 Å². The quantitative estimate of drug-likeness (QED) is 0.122. The topological polar surface area (TPSA) is 40.2 Å². The number of fused-ring (bicyclic) bond motifs is 3. The maximum absolute atomic E-state index is 7.48. The molecule has 0 saturated heterocycles. The molecule has 1 aromatic heterocycles. The SMILES string of the molecule is C.C=C/C=C\c1c2c(c3ccc[n+](C)c3c1C)O2.CC1CCCCC1[NH-].CCC.[CH3-].[CH3-].[Pt]. The van der Waals surface area contributed by atoms with Crippen molar-refractivity contribution in [2.24, 2.45) is 13.0 Å². The number of aryl methyl sites for hydroxylation is 2. The summed E-state index contributed by atoms with van der Waals surface area (Å²) >= 11 is 0. The number of nitrogens with zero attached hydrogens (tertiary/aromatic N) is 1. The van der Waals surface area contributed by atoms with Crippen molar-refractivity contribution in [3.8, 4) is 11.5 Å². The zero-order valence-electron chi connectivity index (χ0n) is 20.5. The molecule has 3 nitrogen and oxygen atoms in total. The number of benzene rings is 1. The van der Waals surface area contributed by atoms with E-state index < -0.39 is 0 Å². The van der Waals surface area contributed by atoms with E-state index in [0.717, 1.165) is 23.5 Å². The molecule has 4 rings (SSSR count). The van der Waals surface area contributed by atoms with Crippen LogP contribution in [0, 0.1) is 27.7 Å². The standard InChI is InChI=1S/C15H14NO.C7H14N.C3H8.CH4.2CH3.Pt/c1-4-5-7-11-10(2)13-12(15-14(11)17-15)8-6-9-16(13)3;1-6-4-2-3-5-7(6)8;1-3-2;;;;/h4-9H,1H2,2-3H3;6-8H,2-5H2,1H3;3H2,1-2H3;1H4;2*1H3;/q+1;-1;;;2*-1;/b7-5-;;;;;;. The molecule has 1 aliphatic carbocycles. The Morgan fingerprint density at radius 1 is 1.19 bits per heavy atom. The van der Waals surface area contributed by atoms with E-state index in [4.69, 9.17) is 10.5 Å². The molecule has 2 heterocycles. The minimum Gasteiger partial charge on any atom is -0.674 e. The summed E-state index contributed by atoms with van der Waals surface area (Å²) in [6.07, 6.45) is 14.2. The molecule has 2 aromatic rings. The van der Waals surface area contributed by atoms with Gasteiger partial charge in [-0.15, -0.1) is 6.04 Å². The number of hydrogen-bond acceptors (Lipinski definition) is 1. The molecule has 1 fully saturated rings. The Balaban J connectivity index is -0.000000484. The normalized spacial score (nSPS) is 17.2. The molecular formula is C28H46N2OPt-2. The fraction of sp³-hybridized carbons (Fsp3) is 0.464. The summed E-state index contributed by atoms with van der Waals surface area (Å²) in [6.45, 7) is 12.3. The van der Waals surface area contributed by atoms with Gasteiger partial charge in [0.05, 0.1) is 5.39 Å². The summed E-state index contributed by atoms with van der Waals surface area (Å²) < 4.78 is 7.75. The summed E-state index contributed by atoms with van der Waals surface area (Å²) in [5.41, 5.74) is 11.1. The van der Waals surface area contributed by atoms with Crippen LogP contribution in [0.5, 0.6) is 11.5 Å². The molecule has 2 unspecified atom stereocenters. The zero-order chi connectivity index (χ0) is 20.7. The second kappa shape index (κ2) is 17.1. The van der Waals surface area contributed by atoms with E-state index in [9.17, 15) is 0 Å². The Morgan fingerprint density at radius 3 is 2.28 bits per heavy atom. The Hall–Kier alpha value is -1.44. The second-order valence-corrected chi connectivity index (χ2v) is 7.85. The van der Waals surface area contributed by atoms with Crippen molar-refractivity contribution in [2.45, 2.75) is 73.3 Å². The largest absolute Gasteiger partial charge is 0.674 e. The molecular weight excluding hydrogens is 575 g/mol.